The summed E-state index contributed by atoms with van der Waals surface area (Å²) >= 11 is 0. The fraction of sp³-hybridized carbons (Fsp3) is 0.583. The SMILES string of the molecule is CCNc1nc(N(C)C2CCC2)c2[nH]cnc2n1. The van der Waals surface area contributed by atoms with Gasteiger partial charge in [-0.1, -0.05) is 0 Å². The first-order chi connectivity index (χ1) is 8.79. The minimum Gasteiger partial charge on any atom is -0.355 e. The number of aromatic amines is 1. The average Bonchev–Trinajstić information content (AvgIpc) is 2.73. The molecule has 1 fully saturated rings. The number of fused-ring (bicyclic) bond motifs is 1. The third kappa shape index (κ3) is 1.77. The van der Waals surface area contributed by atoms with Crippen molar-refractivity contribution < 1.29 is 0 Å². The minimum absolute atomic E-state index is 0.598. The lowest BCUT2D eigenvalue weighted by atomic mass is 9.92. The average molecular weight is 246 g/mol. The maximum atomic E-state index is 4.60. The standard InChI is InChI=1S/C12H18N6/c1-3-13-12-16-10-9(14-7-15-10)11(17-12)18(2)8-5-4-6-8/h7-8H,3-6H2,1-2H3,(H2,13,14,15,16,17). The number of H-pyrrole nitrogens is 1. The molecule has 0 spiro atoms. The van der Waals surface area contributed by atoms with Gasteiger partial charge in [-0.25, -0.2) is 4.98 Å². The van der Waals surface area contributed by atoms with E-state index in [0.29, 0.717) is 12.0 Å². The predicted molar refractivity (Wildman–Crippen MR) is 71.9 cm³/mol. The van der Waals surface area contributed by atoms with Gasteiger partial charge in [0.25, 0.3) is 0 Å². The van der Waals surface area contributed by atoms with Crippen LogP contribution in [0.4, 0.5) is 11.8 Å². The summed E-state index contributed by atoms with van der Waals surface area (Å²) in [4.78, 5) is 18.6. The van der Waals surface area contributed by atoms with Crippen molar-refractivity contribution in [3.05, 3.63) is 6.33 Å². The number of imidazole rings is 1. The van der Waals surface area contributed by atoms with Gasteiger partial charge < -0.3 is 15.2 Å². The van der Waals surface area contributed by atoms with E-state index in [1.807, 2.05) is 6.92 Å². The van der Waals surface area contributed by atoms with Crippen LogP contribution in [0.5, 0.6) is 0 Å². The molecule has 1 saturated carbocycles. The van der Waals surface area contributed by atoms with Crippen molar-refractivity contribution in [2.75, 3.05) is 23.8 Å². The van der Waals surface area contributed by atoms with Crippen molar-refractivity contribution in [2.45, 2.75) is 32.2 Å². The van der Waals surface area contributed by atoms with Crippen molar-refractivity contribution in [2.24, 2.45) is 0 Å². The molecule has 6 nitrogen and oxygen atoms in total. The normalized spacial score (nSPS) is 15.7. The molecule has 18 heavy (non-hydrogen) atoms. The van der Waals surface area contributed by atoms with Gasteiger partial charge in [0.2, 0.25) is 5.95 Å². The Morgan fingerprint density at radius 2 is 2.28 bits per heavy atom. The van der Waals surface area contributed by atoms with E-state index in [2.05, 4.69) is 37.2 Å². The third-order valence-electron chi connectivity index (χ3n) is 3.56. The summed E-state index contributed by atoms with van der Waals surface area (Å²) in [7, 11) is 2.10. The van der Waals surface area contributed by atoms with Crippen LogP contribution < -0.4 is 10.2 Å². The van der Waals surface area contributed by atoms with Gasteiger partial charge in [-0.3, -0.25) is 0 Å². The number of anilines is 2. The highest BCUT2D eigenvalue weighted by atomic mass is 15.3. The van der Waals surface area contributed by atoms with Crippen LogP contribution in [-0.4, -0.2) is 39.6 Å². The maximum absolute atomic E-state index is 4.60. The largest absolute Gasteiger partial charge is 0.355 e. The summed E-state index contributed by atoms with van der Waals surface area (Å²) in [6, 6.07) is 0.598. The van der Waals surface area contributed by atoms with Gasteiger partial charge in [-0.2, -0.15) is 9.97 Å². The molecular formula is C12H18N6. The molecule has 0 saturated heterocycles. The first-order valence-electron chi connectivity index (χ1n) is 6.47. The van der Waals surface area contributed by atoms with E-state index < -0.39 is 0 Å². The lowest BCUT2D eigenvalue weighted by molar-refractivity contribution is 0.400. The maximum Gasteiger partial charge on any atom is 0.226 e. The second-order valence-corrected chi connectivity index (χ2v) is 4.70. The molecule has 96 valence electrons. The first kappa shape index (κ1) is 11.3. The Hall–Kier alpha value is -1.85. The number of nitrogens with zero attached hydrogens (tertiary/aromatic N) is 4. The second kappa shape index (κ2) is 4.44. The predicted octanol–water partition coefficient (Wildman–Crippen LogP) is 1.77. The number of nitrogens with one attached hydrogen (secondary N) is 2. The highest BCUT2D eigenvalue weighted by Gasteiger charge is 2.25. The van der Waals surface area contributed by atoms with Crippen LogP contribution in [-0.2, 0) is 0 Å². The van der Waals surface area contributed by atoms with Gasteiger partial charge in [0.05, 0.1) is 6.33 Å². The Bertz CT molecular complexity index is 544. The Morgan fingerprint density at radius 3 is 2.94 bits per heavy atom. The fourth-order valence-corrected chi connectivity index (χ4v) is 2.26. The molecule has 6 heteroatoms. The quantitative estimate of drug-likeness (QED) is 0.860. The van der Waals surface area contributed by atoms with Gasteiger partial charge in [0, 0.05) is 19.6 Å². The van der Waals surface area contributed by atoms with Crippen LogP contribution in [0.25, 0.3) is 11.2 Å². The second-order valence-electron chi connectivity index (χ2n) is 4.70. The van der Waals surface area contributed by atoms with E-state index in [1.54, 1.807) is 6.33 Å². The molecule has 0 amide bonds. The molecule has 0 atom stereocenters. The smallest absolute Gasteiger partial charge is 0.226 e. The molecule has 0 aliphatic heterocycles. The lowest BCUT2D eigenvalue weighted by Gasteiger charge is -2.35. The summed E-state index contributed by atoms with van der Waals surface area (Å²) in [5.41, 5.74) is 1.65. The number of aromatic nitrogens is 4. The zero-order chi connectivity index (χ0) is 12.5. The van der Waals surface area contributed by atoms with Gasteiger partial charge in [0.15, 0.2) is 11.5 Å². The van der Waals surface area contributed by atoms with E-state index in [4.69, 9.17) is 0 Å². The monoisotopic (exact) mass is 246 g/mol. The molecule has 3 rings (SSSR count). The topological polar surface area (TPSA) is 69.7 Å². The number of hydrogen-bond donors (Lipinski definition) is 2. The molecule has 0 bridgehead atoms. The molecule has 2 heterocycles. The Kier molecular flexibility index (Phi) is 2.77. The van der Waals surface area contributed by atoms with Crippen LogP contribution >= 0.6 is 0 Å². The van der Waals surface area contributed by atoms with Crippen LogP contribution in [0.1, 0.15) is 26.2 Å². The van der Waals surface area contributed by atoms with E-state index in [1.165, 1.54) is 19.3 Å². The fourth-order valence-electron chi connectivity index (χ4n) is 2.26. The highest BCUT2D eigenvalue weighted by molar-refractivity contribution is 5.84. The zero-order valence-corrected chi connectivity index (χ0v) is 10.8. The summed E-state index contributed by atoms with van der Waals surface area (Å²) < 4.78 is 0. The van der Waals surface area contributed by atoms with E-state index >= 15 is 0 Å². The Balaban J connectivity index is 2.03. The number of hydrogen-bond acceptors (Lipinski definition) is 5. The van der Waals surface area contributed by atoms with Crippen molar-refractivity contribution >= 4 is 22.9 Å². The molecule has 0 radical (unpaired) electrons. The Labute approximate surface area is 106 Å². The van der Waals surface area contributed by atoms with Gasteiger partial charge >= 0.3 is 0 Å². The third-order valence-corrected chi connectivity index (χ3v) is 3.56. The van der Waals surface area contributed by atoms with E-state index in [0.717, 1.165) is 23.5 Å². The molecule has 2 aromatic heterocycles. The lowest BCUT2D eigenvalue weighted by Crippen LogP contribution is -2.37. The highest BCUT2D eigenvalue weighted by Crippen LogP contribution is 2.30. The summed E-state index contributed by atoms with van der Waals surface area (Å²) in [5.74, 6) is 1.59. The molecule has 0 unspecified atom stereocenters. The van der Waals surface area contributed by atoms with Crippen molar-refractivity contribution in [3.63, 3.8) is 0 Å². The molecule has 0 aromatic carbocycles. The zero-order valence-electron chi connectivity index (χ0n) is 10.8. The van der Waals surface area contributed by atoms with Crippen molar-refractivity contribution in [1.82, 2.24) is 19.9 Å². The molecular weight excluding hydrogens is 228 g/mol. The summed E-state index contributed by atoms with van der Waals surface area (Å²) in [6.45, 7) is 2.84. The Morgan fingerprint density at radius 1 is 1.44 bits per heavy atom. The minimum atomic E-state index is 0.598. The summed E-state index contributed by atoms with van der Waals surface area (Å²) in [6.07, 6.45) is 5.47. The molecule has 1 aliphatic carbocycles. The van der Waals surface area contributed by atoms with Crippen LogP contribution in [0, 0.1) is 0 Å². The van der Waals surface area contributed by atoms with E-state index in [-0.39, 0.29) is 0 Å². The molecule has 2 aromatic rings. The van der Waals surface area contributed by atoms with Gasteiger partial charge in [-0.05, 0) is 26.2 Å². The van der Waals surface area contributed by atoms with E-state index in [9.17, 15) is 0 Å². The van der Waals surface area contributed by atoms with Crippen LogP contribution in [0.3, 0.4) is 0 Å². The first-order valence-corrected chi connectivity index (χ1v) is 6.47. The van der Waals surface area contributed by atoms with Gasteiger partial charge in [0.1, 0.15) is 5.52 Å². The number of rotatable bonds is 4. The van der Waals surface area contributed by atoms with Crippen LogP contribution in [0.2, 0.25) is 0 Å². The van der Waals surface area contributed by atoms with Crippen molar-refractivity contribution in [1.29, 1.82) is 0 Å². The summed E-state index contributed by atoms with van der Waals surface area (Å²) in [5, 5.41) is 3.16. The molecule has 2 N–H and O–H groups in total. The van der Waals surface area contributed by atoms with Crippen LogP contribution in [0.15, 0.2) is 6.33 Å². The van der Waals surface area contributed by atoms with Crippen molar-refractivity contribution in [3.8, 4) is 0 Å². The van der Waals surface area contributed by atoms with Gasteiger partial charge in [-0.15, -0.1) is 0 Å². The molecule has 1 aliphatic rings.